The molecule has 2 saturated heterocycles. The smallest absolute Gasteiger partial charge is 0.0407 e. The molecule has 2 unspecified atom stereocenters. The fourth-order valence-electron chi connectivity index (χ4n) is 3.73. The molecule has 4 bridgehead atoms. The molecule has 2 atom stereocenters. The minimum Gasteiger partial charge on any atom is -0.143 e. The summed E-state index contributed by atoms with van der Waals surface area (Å²) in [5.41, 5.74) is 0. The van der Waals surface area contributed by atoms with E-state index in [2.05, 4.69) is 0 Å². The van der Waals surface area contributed by atoms with Crippen molar-refractivity contribution in [1.29, 1.82) is 0 Å². The molecule has 12 heavy (non-hydrogen) atoms. The molecule has 2 heterocycles. The standard InChI is InChI=1S/C10H16FN/c11-12-6-9-2-7-1-8(3-9)5-10(12)4-7/h7-10H,1-6H2. The summed E-state index contributed by atoms with van der Waals surface area (Å²) in [7, 11) is 0. The summed E-state index contributed by atoms with van der Waals surface area (Å²) < 4.78 is 13.4. The molecule has 0 amide bonds. The van der Waals surface area contributed by atoms with E-state index in [9.17, 15) is 4.48 Å². The number of halogens is 1. The first-order valence-electron chi connectivity index (χ1n) is 5.23. The van der Waals surface area contributed by atoms with E-state index in [-0.39, 0.29) is 0 Å². The van der Waals surface area contributed by atoms with Crippen LogP contribution >= 0.6 is 0 Å². The van der Waals surface area contributed by atoms with Crippen LogP contribution in [0.3, 0.4) is 0 Å². The second-order valence-corrected chi connectivity index (χ2v) is 5.01. The van der Waals surface area contributed by atoms with Crippen LogP contribution < -0.4 is 0 Å². The Labute approximate surface area is 72.9 Å². The Balaban J connectivity index is 1.91. The molecule has 2 aliphatic heterocycles. The van der Waals surface area contributed by atoms with Crippen molar-refractivity contribution in [1.82, 2.24) is 5.12 Å². The van der Waals surface area contributed by atoms with Crippen LogP contribution in [0, 0.1) is 17.8 Å². The maximum Gasteiger partial charge on any atom is 0.0407 e. The third-order valence-electron chi connectivity index (χ3n) is 4.04. The number of nitrogens with zero attached hydrogens (tertiary/aromatic N) is 1. The van der Waals surface area contributed by atoms with Crippen LogP contribution in [0.5, 0.6) is 0 Å². The predicted molar refractivity (Wildman–Crippen MR) is 45.2 cm³/mol. The Kier molecular flexibility index (Phi) is 1.49. The first-order valence-corrected chi connectivity index (χ1v) is 5.23. The van der Waals surface area contributed by atoms with E-state index in [0.29, 0.717) is 12.0 Å². The van der Waals surface area contributed by atoms with E-state index in [1.807, 2.05) is 0 Å². The molecule has 0 radical (unpaired) electrons. The molecule has 0 aromatic rings. The van der Waals surface area contributed by atoms with E-state index in [0.717, 1.165) is 36.3 Å². The molecule has 1 nitrogen and oxygen atoms in total. The minimum absolute atomic E-state index is 0.293. The lowest BCUT2D eigenvalue weighted by Crippen LogP contribution is -2.33. The monoisotopic (exact) mass is 169 g/mol. The molecule has 0 spiro atoms. The zero-order valence-corrected chi connectivity index (χ0v) is 7.38. The third-order valence-corrected chi connectivity index (χ3v) is 4.04. The molecule has 2 saturated carbocycles. The predicted octanol–water partition coefficient (Wildman–Crippen LogP) is 2.38. The van der Waals surface area contributed by atoms with Gasteiger partial charge in [0.2, 0.25) is 0 Å². The summed E-state index contributed by atoms with van der Waals surface area (Å²) in [6.45, 7) is 0.734. The van der Waals surface area contributed by atoms with Gasteiger partial charge in [-0.25, -0.2) is 0 Å². The van der Waals surface area contributed by atoms with Crippen molar-refractivity contribution in [2.24, 2.45) is 17.8 Å². The summed E-state index contributed by atoms with van der Waals surface area (Å²) in [5.74, 6) is 2.42. The zero-order chi connectivity index (χ0) is 8.13. The van der Waals surface area contributed by atoms with E-state index in [1.165, 1.54) is 19.3 Å². The molecule has 68 valence electrons. The highest BCUT2D eigenvalue weighted by Crippen LogP contribution is 2.47. The minimum atomic E-state index is 0.293. The van der Waals surface area contributed by atoms with Crippen LogP contribution in [0.1, 0.15) is 32.1 Å². The van der Waals surface area contributed by atoms with E-state index in [4.69, 9.17) is 0 Å². The fraction of sp³-hybridized carbons (Fsp3) is 1.00. The summed E-state index contributed by atoms with van der Waals surface area (Å²) in [5, 5.41) is 1.14. The van der Waals surface area contributed by atoms with E-state index < -0.39 is 0 Å². The number of fused-ring (bicyclic) bond motifs is 1. The molecule has 2 aliphatic carbocycles. The summed E-state index contributed by atoms with van der Waals surface area (Å²) in [4.78, 5) is 0. The van der Waals surface area contributed by atoms with Crippen LogP contribution in [0.25, 0.3) is 0 Å². The van der Waals surface area contributed by atoms with Gasteiger partial charge in [-0.1, -0.05) is 0 Å². The molecule has 4 aliphatic rings. The Bertz CT molecular complexity index is 180. The number of hydrogen-bond acceptors (Lipinski definition) is 1. The fourth-order valence-corrected chi connectivity index (χ4v) is 3.73. The van der Waals surface area contributed by atoms with Gasteiger partial charge in [0.15, 0.2) is 0 Å². The summed E-state index contributed by atoms with van der Waals surface area (Å²) in [6, 6.07) is 0.293. The second-order valence-electron chi connectivity index (χ2n) is 5.01. The highest BCUT2D eigenvalue weighted by molar-refractivity contribution is 4.93. The van der Waals surface area contributed by atoms with Gasteiger partial charge in [0.1, 0.15) is 0 Å². The molecule has 0 N–H and O–H groups in total. The SMILES string of the molecule is FN1CC2CC3CC(C2)CC1C3. The van der Waals surface area contributed by atoms with Crippen LogP contribution in [-0.4, -0.2) is 17.7 Å². The molecule has 2 heteroatoms. The van der Waals surface area contributed by atoms with E-state index in [1.54, 1.807) is 0 Å². The first-order chi connectivity index (χ1) is 5.81. The van der Waals surface area contributed by atoms with Gasteiger partial charge in [0.25, 0.3) is 0 Å². The van der Waals surface area contributed by atoms with Gasteiger partial charge in [-0.2, -0.15) is 0 Å². The molecular weight excluding hydrogens is 153 g/mol. The van der Waals surface area contributed by atoms with Crippen molar-refractivity contribution in [3.63, 3.8) is 0 Å². The molecule has 0 aromatic carbocycles. The Hall–Kier alpha value is -0.110. The van der Waals surface area contributed by atoms with Gasteiger partial charge in [-0.15, -0.1) is 9.60 Å². The Morgan fingerprint density at radius 1 is 0.833 bits per heavy atom. The maximum atomic E-state index is 13.4. The van der Waals surface area contributed by atoms with Crippen molar-refractivity contribution < 1.29 is 4.48 Å². The van der Waals surface area contributed by atoms with Gasteiger partial charge in [0, 0.05) is 12.6 Å². The lowest BCUT2D eigenvalue weighted by molar-refractivity contribution is -0.0327. The molecule has 0 aromatic heterocycles. The van der Waals surface area contributed by atoms with Gasteiger partial charge < -0.3 is 0 Å². The topological polar surface area (TPSA) is 3.24 Å². The van der Waals surface area contributed by atoms with Crippen molar-refractivity contribution in [2.45, 2.75) is 38.1 Å². The van der Waals surface area contributed by atoms with Crippen molar-refractivity contribution in [3.8, 4) is 0 Å². The average Bonchev–Trinajstić information content (AvgIpc) is 2.16. The summed E-state index contributed by atoms with van der Waals surface area (Å²) >= 11 is 0. The normalized spacial score (nSPS) is 52.8. The van der Waals surface area contributed by atoms with Crippen molar-refractivity contribution in [2.75, 3.05) is 6.54 Å². The van der Waals surface area contributed by atoms with Crippen molar-refractivity contribution in [3.05, 3.63) is 0 Å². The van der Waals surface area contributed by atoms with Gasteiger partial charge in [-0.05, 0) is 49.9 Å². The summed E-state index contributed by atoms with van der Waals surface area (Å²) in [6.07, 6.45) is 6.31. The highest BCUT2D eigenvalue weighted by Gasteiger charge is 2.42. The van der Waals surface area contributed by atoms with Crippen LogP contribution in [-0.2, 0) is 0 Å². The number of rotatable bonds is 0. The lowest BCUT2D eigenvalue weighted by atomic mass is 9.68. The van der Waals surface area contributed by atoms with Gasteiger partial charge in [-0.3, -0.25) is 0 Å². The van der Waals surface area contributed by atoms with Crippen LogP contribution in [0.4, 0.5) is 4.48 Å². The second kappa shape index (κ2) is 2.44. The maximum absolute atomic E-state index is 13.4. The first kappa shape index (κ1) is 7.31. The van der Waals surface area contributed by atoms with Crippen LogP contribution in [0.15, 0.2) is 0 Å². The highest BCUT2D eigenvalue weighted by atomic mass is 19.2. The Morgan fingerprint density at radius 3 is 2.08 bits per heavy atom. The third kappa shape index (κ3) is 1.00. The van der Waals surface area contributed by atoms with Crippen molar-refractivity contribution >= 4 is 0 Å². The van der Waals surface area contributed by atoms with E-state index >= 15 is 0 Å². The largest absolute Gasteiger partial charge is 0.143 e. The van der Waals surface area contributed by atoms with Gasteiger partial charge >= 0.3 is 0 Å². The van der Waals surface area contributed by atoms with Gasteiger partial charge in [0.05, 0.1) is 0 Å². The number of hydrogen-bond donors (Lipinski definition) is 0. The lowest BCUT2D eigenvalue weighted by Gasteiger charge is -2.37. The molecule has 4 fully saturated rings. The quantitative estimate of drug-likeness (QED) is 0.503. The molecular formula is C10H16FN. The average molecular weight is 169 g/mol. The molecule has 4 rings (SSSR count). The van der Waals surface area contributed by atoms with Crippen LogP contribution in [0.2, 0.25) is 0 Å². The zero-order valence-electron chi connectivity index (χ0n) is 7.38. The Morgan fingerprint density at radius 2 is 1.42 bits per heavy atom.